The predicted molar refractivity (Wildman–Crippen MR) is 72.3 cm³/mol. The minimum absolute atomic E-state index is 0.0709. The van der Waals surface area contributed by atoms with Gasteiger partial charge in [-0.2, -0.15) is 13.2 Å². The van der Waals surface area contributed by atoms with Crippen molar-refractivity contribution in [2.45, 2.75) is 20.0 Å². The Morgan fingerprint density at radius 1 is 1.37 bits per heavy atom. The molecule has 0 saturated heterocycles. The van der Waals surface area contributed by atoms with Crippen molar-refractivity contribution in [3.05, 3.63) is 28.2 Å². The summed E-state index contributed by atoms with van der Waals surface area (Å²) in [5, 5.41) is 2.43. The molecule has 0 aromatic heterocycles. The quantitative estimate of drug-likeness (QED) is 0.782. The van der Waals surface area contributed by atoms with Crippen LogP contribution in [-0.4, -0.2) is 11.8 Å². The summed E-state index contributed by atoms with van der Waals surface area (Å²) in [4.78, 5) is 11.8. The summed E-state index contributed by atoms with van der Waals surface area (Å²) in [7, 11) is 0. The number of amides is 1. The normalized spacial score (nSPS) is 12.4. The van der Waals surface area contributed by atoms with Crippen LogP contribution in [0.4, 0.5) is 18.9 Å². The zero-order chi connectivity index (χ0) is 14.8. The van der Waals surface area contributed by atoms with Gasteiger partial charge in [-0.25, -0.2) is 0 Å². The number of hydrogen-bond donors (Lipinski definition) is 1. The van der Waals surface area contributed by atoms with Crippen molar-refractivity contribution in [1.29, 1.82) is 0 Å². The number of carbonyl (C=O) groups is 1. The van der Waals surface area contributed by atoms with Gasteiger partial charge in [0.25, 0.3) is 0 Å². The molecule has 0 fully saturated rings. The smallest absolute Gasteiger partial charge is 0.326 e. The zero-order valence-electron chi connectivity index (χ0n) is 10.2. The molecule has 0 aliphatic rings. The van der Waals surface area contributed by atoms with E-state index in [0.29, 0.717) is 0 Å². The van der Waals surface area contributed by atoms with Crippen molar-refractivity contribution in [3.8, 4) is 0 Å². The Hall–Kier alpha value is -0.750. The summed E-state index contributed by atoms with van der Waals surface area (Å²) in [5.74, 6) is -0.362. The first-order valence-electron chi connectivity index (χ1n) is 5.32. The Labute approximate surface area is 122 Å². The van der Waals surface area contributed by atoms with E-state index < -0.39 is 23.1 Å². The SMILES string of the molecule is CC(C)(CCl)C(=O)Nc1ccc(Br)c(C(F)(F)F)c1. The van der Waals surface area contributed by atoms with Gasteiger partial charge in [0, 0.05) is 16.0 Å². The molecule has 1 N–H and O–H groups in total. The van der Waals surface area contributed by atoms with Crippen LogP contribution < -0.4 is 5.32 Å². The molecule has 106 valence electrons. The van der Waals surface area contributed by atoms with Crippen molar-refractivity contribution in [3.63, 3.8) is 0 Å². The van der Waals surface area contributed by atoms with Crippen LogP contribution in [0.5, 0.6) is 0 Å². The fraction of sp³-hybridized carbons (Fsp3) is 0.417. The maximum Gasteiger partial charge on any atom is 0.417 e. The number of carbonyl (C=O) groups excluding carboxylic acids is 1. The van der Waals surface area contributed by atoms with E-state index in [1.807, 2.05) is 0 Å². The molecule has 0 radical (unpaired) electrons. The number of benzene rings is 1. The average molecular weight is 359 g/mol. The van der Waals surface area contributed by atoms with Crippen LogP contribution in [0.2, 0.25) is 0 Å². The number of alkyl halides is 4. The first-order chi connectivity index (χ1) is 8.58. The molecule has 0 heterocycles. The van der Waals surface area contributed by atoms with Gasteiger partial charge in [0.2, 0.25) is 5.91 Å². The van der Waals surface area contributed by atoms with E-state index in [1.54, 1.807) is 13.8 Å². The summed E-state index contributed by atoms with van der Waals surface area (Å²) in [6.07, 6.45) is -4.48. The molecule has 0 spiro atoms. The van der Waals surface area contributed by atoms with Crippen LogP contribution >= 0.6 is 27.5 Å². The number of nitrogens with one attached hydrogen (secondary N) is 1. The Morgan fingerprint density at radius 3 is 2.42 bits per heavy atom. The highest BCUT2D eigenvalue weighted by Crippen LogP contribution is 2.36. The van der Waals surface area contributed by atoms with Crippen LogP contribution in [0, 0.1) is 5.41 Å². The molecule has 1 aromatic rings. The molecule has 1 amide bonds. The van der Waals surface area contributed by atoms with Crippen molar-refractivity contribution in [2.24, 2.45) is 5.41 Å². The first-order valence-corrected chi connectivity index (χ1v) is 6.65. The maximum absolute atomic E-state index is 12.7. The van der Waals surface area contributed by atoms with Gasteiger partial charge in [0.05, 0.1) is 11.0 Å². The van der Waals surface area contributed by atoms with E-state index in [0.717, 1.165) is 6.07 Å². The Balaban J connectivity index is 3.02. The molecule has 0 unspecified atom stereocenters. The third-order valence-corrected chi connectivity index (χ3v) is 3.84. The molecule has 1 aromatic carbocycles. The topological polar surface area (TPSA) is 29.1 Å². The number of halogens is 5. The Bertz CT molecular complexity index is 488. The van der Waals surface area contributed by atoms with E-state index in [1.165, 1.54) is 12.1 Å². The van der Waals surface area contributed by atoms with Gasteiger partial charge in [-0.3, -0.25) is 4.79 Å². The van der Waals surface area contributed by atoms with E-state index in [-0.39, 0.29) is 16.0 Å². The minimum atomic E-state index is -4.48. The van der Waals surface area contributed by atoms with Gasteiger partial charge in [0.1, 0.15) is 0 Å². The lowest BCUT2D eigenvalue weighted by atomic mass is 9.95. The maximum atomic E-state index is 12.7. The Morgan fingerprint density at radius 2 is 1.95 bits per heavy atom. The van der Waals surface area contributed by atoms with E-state index in [9.17, 15) is 18.0 Å². The summed E-state index contributed by atoms with van der Waals surface area (Å²) in [5.41, 5.74) is -1.61. The summed E-state index contributed by atoms with van der Waals surface area (Å²) < 4.78 is 38.0. The molecular weight excluding hydrogens is 346 g/mol. The van der Waals surface area contributed by atoms with Crippen LogP contribution in [0.3, 0.4) is 0 Å². The second-order valence-corrected chi connectivity index (χ2v) is 5.79. The lowest BCUT2D eigenvalue weighted by Crippen LogP contribution is -2.32. The number of hydrogen-bond acceptors (Lipinski definition) is 1. The highest BCUT2D eigenvalue weighted by Gasteiger charge is 2.33. The van der Waals surface area contributed by atoms with E-state index in [4.69, 9.17) is 11.6 Å². The highest BCUT2D eigenvalue weighted by atomic mass is 79.9. The third-order valence-electron chi connectivity index (χ3n) is 2.48. The lowest BCUT2D eigenvalue weighted by Gasteiger charge is -2.21. The summed E-state index contributed by atoms with van der Waals surface area (Å²) in [6.45, 7) is 3.22. The first kappa shape index (κ1) is 16.3. The molecule has 0 atom stereocenters. The number of anilines is 1. The Kier molecular flexibility index (Phi) is 4.90. The van der Waals surface area contributed by atoms with Gasteiger partial charge in [0.15, 0.2) is 0 Å². The van der Waals surface area contributed by atoms with Gasteiger partial charge < -0.3 is 5.32 Å². The molecule has 1 rings (SSSR count). The van der Waals surface area contributed by atoms with Crippen LogP contribution in [0.1, 0.15) is 19.4 Å². The van der Waals surface area contributed by atoms with Crippen LogP contribution in [-0.2, 0) is 11.0 Å². The van der Waals surface area contributed by atoms with Gasteiger partial charge in [-0.05, 0) is 32.0 Å². The number of rotatable bonds is 3. The van der Waals surface area contributed by atoms with Crippen LogP contribution in [0.25, 0.3) is 0 Å². The van der Waals surface area contributed by atoms with Crippen molar-refractivity contribution >= 4 is 39.1 Å². The largest absolute Gasteiger partial charge is 0.417 e. The summed E-state index contributed by atoms with van der Waals surface area (Å²) >= 11 is 8.47. The summed E-state index contributed by atoms with van der Waals surface area (Å²) in [6, 6.07) is 3.51. The lowest BCUT2D eigenvalue weighted by molar-refractivity contribution is -0.138. The van der Waals surface area contributed by atoms with Gasteiger partial charge in [-0.1, -0.05) is 15.9 Å². The van der Waals surface area contributed by atoms with Crippen LogP contribution in [0.15, 0.2) is 22.7 Å². The van der Waals surface area contributed by atoms with Crippen molar-refractivity contribution in [2.75, 3.05) is 11.2 Å². The van der Waals surface area contributed by atoms with Gasteiger partial charge in [-0.15, -0.1) is 11.6 Å². The highest BCUT2D eigenvalue weighted by molar-refractivity contribution is 9.10. The molecule has 19 heavy (non-hydrogen) atoms. The van der Waals surface area contributed by atoms with Gasteiger partial charge >= 0.3 is 6.18 Å². The molecule has 0 aliphatic heterocycles. The molecular formula is C12H12BrClF3NO. The third kappa shape index (κ3) is 4.11. The average Bonchev–Trinajstić information content (AvgIpc) is 2.30. The van der Waals surface area contributed by atoms with Crippen molar-refractivity contribution in [1.82, 2.24) is 0 Å². The minimum Gasteiger partial charge on any atom is -0.326 e. The van der Waals surface area contributed by atoms with E-state index >= 15 is 0 Å². The molecule has 2 nitrogen and oxygen atoms in total. The second kappa shape index (κ2) is 5.71. The molecule has 0 bridgehead atoms. The molecule has 7 heteroatoms. The molecule has 0 saturated carbocycles. The monoisotopic (exact) mass is 357 g/mol. The van der Waals surface area contributed by atoms with E-state index in [2.05, 4.69) is 21.2 Å². The standard InChI is InChI=1S/C12H12BrClF3NO/c1-11(2,6-14)10(19)18-7-3-4-9(13)8(5-7)12(15,16)17/h3-5H,6H2,1-2H3,(H,18,19). The fourth-order valence-corrected chi connectivity index (χ4v) is 1.77. The second-order valence-electron chi connectivity index (χ2n) is 4.66. The predicted octanol–water partition coefficient (Wildman–Crippen LogP) is 4.67. The molecule has 0 aliphatic carbocycles. The zero-order valence-corrected chi connectivity index (χ0v) is 12.6. The van der Waals surface area contributed by atoms with Crippen molar-refractivity contribution < 1.29 is 18.0 Å². The fourth-order valence-electron chi connectivity index (χ4n) is 1.18.